The van der Waals surface area contributed by atoms with Gasteiger partial charge in [0, 0.05) is 19.4 Å². The molecule has 1 atom stereocenters. The van der Waals surface area contributed by atoms with E-state index in [1.165, 1.54) is 44.9 Å². The molecule has 4 nitrogen and oxygen atoms in total. The first-order chi connectivity index (χ1) is 12.1. The van der Waals surface area contributed by atoms with E-state index >= 15 is 0 Å². The maximum atomic E-state index is 12.4. The maximum Gasteiger partial charge on any atom is 0.223 e. The van der Waals surface area contributed by atoms with Gasteiger partial charge in [-0.25, -0.2) is 0 Å². The fraction of sp³-hybridized carbons (Fsp3) is 0.857. The molecule has 0 aromatic rings. The fourth-order valence-corrected chi connectivity index (χ4v) is 3.65. The van der Waals surface area contributed by atoms with E-state index in [2.05, 4.69) is 6.92 Å². The molecular weight excluding hydrogens is 314 g/mol. The summed E-state index contributed by atoms with van der Waals surface area (Å²) in [6, 6.07) is -0.387. The number of unbranched alkanes of at least 4 members (excludes halogenated alkanes) is 8. The zero-order valence-corrected chi connectivity index (χ0v) is 16.4. The van der Waals surface area contributed by atoms with E-state index in [4.69, 9.17) is 0 Å². The first-order valence-electron chi connectivity index (χ1n) is 10.4. The van der Waals surface area contributed by atoms with Gasteiger partial charge in [-0.2, -0.15) is 0 Å². The number of ketones is 2. The number of carbonyl (C=O) groups is 3. The van der Waals surface area contributed by atoms with Crippen molar-refractivity contribution in [2.45, 2.75) is 110 Å². The molecule has 0 spiro atoms. The van der Waals surface area contributed by atoms with Crippen molar-refractivity contribution in [3.63, 3.8) is 0 Å². The largest absolute Gasteiger partial charge is 0.333 e. The molecule has 0 unspecified atom stereocenters. The number of hydrogen-bond donors (Lipinski definition) is 0. The Morgan fingerprint density at radius 1 is 0.960 bits per heavy atom. The first kappa shape index (κ1) is 21.9. The Balaban J connectivity index is 2.12. The highest BCUT2D eigenvalue weighted by atomic mass is 16.2. The van der Waals surface area contributed by atoms with E-state index < -0.39 is 0 Å². The number of hydrogen-bond acceptors (Lipinski definition) is 3. The van der Waals surface area contributed by atoms with Crippen LogP contribution >= 0.6 is 0 Å². The van der Waals surface area contributed by atoms with Crippen molar-refractivity contribution >= 4 is 17.5 Å². The van der Waals surface area contributed by atoms with Gasteiger partial charge >= 0.3 is 0 Å². The van der Waals surface area contributed by atoms with Crippen LogP contribution in [0.5, 0.6) is 0 Å². The molecular formula is C21H37NO3. The third-order valence-corrected chi connectivity index (χ3v) is 5.18. The zero-order chi connectivity index (χ0) is 18.5. The SMILES string of the molecule is CCCCCCCCCCCC(=O)CC(=O)[C@H](CC)N1CCCC1=O. The van der Waals surface area contributed by atoms with Gasteiger partial charge in [0.1, 0.15) is 5.78 Å². The summed E-state index contributed by atoms with van der Waals surface area (Å²) in [4.78, 5) is 37.9. The molecule has 144 valence electrons. The summed E-state index contributed by atoms with van der Waals surface area (Å²) < 4.78 is 0. The Morgan fingerprint density at radius 2 is 1.56 bits per heavy atom. The summed E-state index contributed by atoms with van der Waals surface area (Å²) in [6.07, 6.45) is 13.5. The van der Waals surface area contributed by atoms with Gasteiger partial charge in [0.15, 0.2) is 5.78 Å². The topological polar surface area (TPSA) is 54.5 Å². The van der Waals surface area contributed by atoms with Crippen LogP contribution in [0.3, 0.4) is 0 Å². The highest BCUT2D eigenvalue weighted by Gasteiger charge is 2.31. The van der Waals surface area contributed by atoms with Gasteiger partial charge in [-0.05, 0) is 19.3 Å². The van der Waals surface area contributed by atoms with Gasteiger partial charge in [-0.15, -0.1) is 0 Å². The van der Waals surface area contributed by atoms with Gasteiger partial charge in [0.25, 0.3) is 0 Å². The van der Waals surface area contributed by atoms with Crippen molar-refractivity contribution in [2.75, 3.05) is 6.54 Å². The minimum Gasteiger partial charge on any atom is -0.333 e. The van der Waals surface area contributed by atoms with Crippen LogP contribution in [0.2, 0.25) is 0 Å². The Morgan fingerprint density at radius 3 is 2.08 bits per heavy atom. The average molecular weight is 352 g/mol. The van der Waals surface area contributed by atoms with Gasteiger partial charge in [-0.3, -0.25) is 14.4 Å². The third-order valence-electron chi connectivity index (χ3n) is 5.18. The summed E-state index contributed by atoms with van der Waals surface area (Å²) in [5, 5.41) is 0. The highest BCUT2D eigenvalue weighted by Crippen LogP contribution is 2.18. The summed E-state index contributed by atoms with van der Waals surface area (Å²) >= 11 is 0. The fourth-order valence-electron chi connectivity index (χ4n) is 3.65. The lowest BCUT2D eigenvalue weighted by Crippen LogP contribution is -2.42. The Bertz CT molecular complexity index is 419. The number of amides is 1. The maximum absolute atomic E-state index is 12.4. The van der Waals surface area contributed by atoms with Gasteiger partial charge in [0.05, 0.1) is 12.5 Å². The van der Waals surface area contributed by atoms with Gasteiger partial charge < -0.3 is 4.90 Å². The molecule has 0 aliphatic carbocycles. The predicted molar refractivity (Wildman–Crippen MR) is 102 cm³/mol. The van der Waals surface area contributed by atoms with Crippen LogP contribution in [-0.2, 0) is 14.4 Å². The van der Waals surface area contributed by atoms with E-state index in [-0.39, 0.29) is 29.9 Å². The molecule has 1 aliphatic heterocycles. The lowest BCUT2D eigenvalue weighted by atomic mass is 10.00. The average Bonchev–Trinajstić information content (AvgIpc) is 3.00. The second-order valence-corrected chi connectivity index (χ2v) is 7.37. The number of carbonyl (C=O) groups excluding carboxylic acids is 3. The highest BCUT2D eigenvalue weighted by molar-refractivity contribution is 6.02. The number of Topliss-reactive ketones (excluding diaryl/α,β-unsaturated/α-hetero) is 2. The Kier molecular flexibility index (Phi) is 11.4. The van der Waals surface area contributed by atoms with E-state index in [1.54, 1.807) is 4.90 Å². The van der Waals surface area contributed by atoms with Crippen molar-refractivity contribution in [1.82, 2.24) is 4.90 Å². The molecule has 1 aliphatic rings. The summed E-state index contributed by atoms with van der Waals surface area (Å²) in [5.74, 6) is 0.0308. The zero-order valence-electron chi connectivity index (χ0n) is 16.4. The molecule has 1 amide bonds. The second-order valence-electron chi connectivity index (χ2n) is 7.37. The minimum atomic E-state index is -0.387. The predicted octanol–water partition coefficient (Wildman–Crippen LogP) is 4.84. The first-order valence-corrected chi connectivity index (χ1v) is 10.4. The van der Waals surface area contributed by atoms with Crippen LogP contribution in [0.15, 0.2) is 0 Å². The standard InChI is InChI=1S/C21H37NO3/c1-3-5-6-7-8-9-10-11-12-14-18(23)17-20(24)19(4-2)22-16-13-15-21(22)25/h19H,3-17H2,1-2H3/t19-/m0/s1. The molecule has 0 aromatic heterocycles. The normalized spacial score (nSPS) is 15.6. The van der Waals surface area contributed by atoms with Crippen LogP contribution in [0.4, 0.5) is 0 Å². The Labute approximate surface area is 153 Å². The van der Waals surface area contributed by atoms with E-state index in [9.17, 15) is 14.4 Å². The summed E-state index contributed by atoms with van der Waals surface area (Å²) in [7, 11) is 0. The third kappa shape index (κ3) is 8.64. The number of likely N-dealkylation sites (tertiary alicyclic amines) is 1. The molecule has 0 radical (unpaired) electrons. The van der Waals surface area contributed by atoms with Crippen LogP contribution in [0.25, 0.3) is 0 Å². The molecule has 4 heteroatoms. The summed E-state index contributed by atoms with van der Waals surface area (Å²) in [6.45, 7) is 4.81. The number of nitrogens with zero attached hydrogens (tertiary/aromatic N) is 1. The monoisotopic (exact) mass is 351 g/mol. The quantitative estimate of drug-likeness (QED) is 0.313. The molecule has 0 bridgehead atoms. The van der Waals surface area contributed by atoms with Crippen molar-refractivity contribution < 1.29 is 14.4 Å². The molecule has 0 aromatic carbocycles. The van der Waals surface area contributed by atoms with Crippen LogP contribution < -0.4 is 0 Å². The van der Waals surface area contributed by atoms with Crippen LogP contribution in [0.1, 0.15) is 104 Å². The molecule has 25 heavy (non-hydrogen) atoms. The van der Waals surface area contributed by atoms with E-state index in [1.807, 2.05) is 6.92 Å². The molecule has 1 fully saturated rings. The van der Waals surface area contributed by atoms with Crippen molar-refractivity contribution in [3.05, 3.63) is 0 Å². The molecule has 1 heterocycles. The van der Waals surface area contributed by atoms with Crippen LogP contribution in [-0.4, -0.2) is 35.0 Å². The molecule has 0 saturated carbocycles. The molecule has 1 rings (SSSR count). The van der Waals surface area contributed by atoms with Crippen molar-refractivity contribution in [2.24, 2.45) is 0 Å². The molecule has 0 N–H and O–H groups in total. The van der Waals surface area contributed by atoms with Crippen molar-refractivity contribution in [1.29, 1.82) is 0 Å². The van der Waals surface area contributed by atoms with Crippen molar-refractivity contribution in [3.8, 4) is 0 Å². The molecule has 1 saturated heterocycles. The van der Waals surface area contributed by atoms with E-state index in [0.717, 1.165) is 19.3 Å². The summed E-state index contributed by atoms with van der Waals surface area (Å²) in [5.41, 5.74) is 0. The minimum absolute atomic E-state index is 0.000690. The van der Waals surface area contributed by atoms with Gasteiger partial charge in [0.2, 0.25) is 5.91 Å². The Hall–Kier alpha value is -1.19. The number of rotatable bonds is 15. The lowest BCUT2D eigenvalue weighted by molar-refractivity contribution is -0.138. The van der Waals surface area contributed by atoms with E-state index in [0.29, 0.717) is 25.8 Å². The smallest absolute Gasteiger partial charge is 0.223 e. The second kappa shape index (κ2) is 13.1. The lowest BCUT2D eigenvalue weighted by Gasteiger charge is -2.25. The van der Waals surface area contributed by atoms with Crippen LogP contribution in [0, 0.1) is 0 Å². The van der Waals surface area contributed by atoms with Gasteiger partial charge in [-0.1, -0.05) is 65.2 Å².